The number of hydrogen-bond acceptors (Lipinski definition) is 4. The molecule has 1 unspecified atom stereocenters. The van der Waals surface area contributed by atoms with Crippen molar-refractivity contribution in [1.82, 2.24) is 4.90 Å². The number of hydrogen-bond donors (Lipinski definition) is 0. The van der Waals surface area contributed by atoms with Gasteiger partial charge in [0.1, 0.15) is 6.23 Å². The highest BCUT2D eigenvalue weighted by Crippen LogP contribution is 2.33. The molecule has 0 saturated carbocycles. The summed E-state index contributed by atoms with van der Waals surface area (Å²) in [4.78, 5) is 14.1. The van der Waals surface area contributed by atoms with Crippen LogP contribution in [0.4, 0.5) is 0 Å². The first-order valence-corrected chi connectivity index (χ1v) is 6.08. The third kappa shape index (κ3) is 1.90. The van der Waals surface area contributed by atoms with E-state index < -0.39 is 0 Å². The molecule has 0 spiro atoms. The zero-order chi connectivity index (χ0) is 12.5. The molecule has 0 radical (unpaired) electrons. The molecule has 2 heterocycles. The molecule has 1 atom stereocenters. The first-order chi connectivity index (χ1) is 8.75. The van der Waals surface area contributed by atoms with E-state index in [2.05, 4.69) is 0 Å². The topological polar surface area (TPSA) is 48.0 Å². The van der Waals surface area contributed by atoms with Crippen molar-refractivity contribution in [2.45, 2.75) is 19.6 Å². The Balaban J connectivity index is 1.83. The number of nitrogens with zero attached hydrogens (tertiary/aromatic N) is 1. The summed E-state index contributed by atoms with van der Waals surface area (Å²) in [5, 5.41) is 0. The Hall–Kier alpha value is -1.75. The molecule has 2 aliphatic rings. The zero-order valence-electron chi connectivity index (χ0n) is 10.2. The van der Waals surface area contributed by atoms with Crippen LogP contribution in [0, 0.1) is 0 Å². The van der Waals surface area contributed by atoms with Crippen molar-refractivity contribution in [2.75, 3.05) is 19.9 Å². The van der Waals surface area contributed by atoms with Crippen LogP contribution >= 0.6 is 0 Å². The predicted octanol–water partition coefficient (Wildman–Crippen LogP) is 1.62. The quantitative estimate of drug-likeness (QED) is 0.759. The van der Waals surface area contributed by atoms with E-state index in [0.29, 0.717) is 23.7 Å². The van der Waals surface area contributed by atoms with Gasteiger partial charge in [0.15, 0.2) is 11.5 Å². The summed E-state index contributed by atoms with van der Waals surface area (Å²) < 4.78 is 16.0. The molecule has 1 aromatic rings. The molecule has 5 nitrogen and oxygen atoms in total. The predicted molar refractivity (Wildman–Crippen MR) is 63.6 cm³/mol. The van der Waals surface area contributed by atoms with Gasteiger partial charge in [0.05, 0.1) is 6.61 Å². The lowest BCUT2D eigenvalue weighted by Gasteiger charge is -2.33. The van der Waals surface area contributed by atoms with Crippen LogP contribution in [0.15, 0.2) is 18.2 Å². The highest BCUT2D eigenvalue weighted by molar-refractivity contribution is 5.95. The summed E-state index contributed by atoms with van der Waals surface area (Å²) >= 11 is 0. The van der Waals surface area contributed by atoms with E-state index in [1.165, 1.54) is 0 Å². The van der Waals surface area contributed by atoms with E-state index in [0.717, 1.165) is 13.0 Å². The lowest BCUT2D eigenvalue weighted by molar-refractivity contribution is -0.0661. The lowest BCUT2D eigenvalue weighted by atomic mass is 10.1. The number of amides is 1. The Kier molecular flexibility index (Phi) is 2.83. The molecule has 96 valence electrons. The summed E-state index contributed by atoms with van der Waals surface area (Å²) in [5.74, 6) is 1.29. The summed E-state index contributed by atoms with van der Waals surface area (Å²) in [6.45, 7) is 3.56. The SMILES string of the molecule is CC1OCCCN1C(=O)c1ccc2c(c1)OCO2. The Morgan fingerprint density at radius 2 is 2.17 bits per heavy atom. The molecule has 1 amide bonds. The van der Waals surface area contributed by atoms with Gasteiger partial charge in [0, 0.05) is 12.1 Å². The Labute approximate surface area is 105 Å². The summed E-state index contributed by atoms with van der Waals surface area (Å²) in [6, 6.07) is 5.26. The van der Waals surface area contributed by atoms with E-state index in [1.807, 2.05) is 6.92 Å². The van der Waals surface area contributed by atoms with Crippen molar-refractivity contribution < 1.29 is 19.0 Å². The number of rotatable bonds is 1. The normalized spacial score (nSPS) is 22.1. The number of fused-ring (bicyclic) bond motifs is 1. The fourth-order valence-corrected chi connectivity index (χ4v) is 2.22. The van der Waals surface area contributed by atoms with Crippen LogP contribution in [0.2, 0.25) is 0 Å². The van der Waals surface area contributed by atoms with Gasteiger partial charge < -0.3 is 19.1 Å². The minimum absolute atomic E-state index is 0.0273. The Morgan fingerprint density at radius 3 is 3.00 bits per heavy atom. The molecule has 0 bridgehead atoms. The molecular weight excluding hydrogens is 234 g/mol. The van der Waals surface area contributed by atoms with Gasteiger partial charge in [-0.3, -0.25) is 4.79 Å². The molecule has 0 N–H and O–H groups in total. The monoisotopic (exact) mass is 249 g/mol. The van der Waals surface area contributed by atoms with Gasteiger partial charge in [-0.25, -0.2) is 0 Å². The van der Waals surface area contributed by atoms with E-state index >= 15 is 0 Å². The molecule has 5 heteroatoms. The molecule has 0 aliphatic carbocycles. The minimum atomic E-state index is -0.170. The van der Waals surface area contributed by atoms with Crippen LogP contribution in [0.25, 0.3) is 0 Å². The van der Waals surface area contributed by atoms with Gasteiger partial charge in [0.2, 0.25) is 6.79 Å². The van der Waals surface area contributed by atoms with Gasteiger partial charge in [-0.05, 0) is 31.5 Å². The second-order valence-corrected chi connectivity index (χ2v) is 4.39. The summed E-state index contributed by atoms with van der Waals surface area (Å²) in [7, 11) is 0. The van der Waals surface area contributed by atoms with Crippen molar-refractivity contribution in [3.8, 4) is 11.5 Å². The molecular formula is C13H15NO4. The maximum Gasteiger partial charge on any atom is 0.256 e. The third-order valence-electron chi connectivity index (χ3n) is 3.22. The van der Waals surface area contributed by atoms with Gasteiger partial charge in [-0.2, -0.15) is 0 Å². The van der Waals surface area contributed by atoms with Gasteiger partial charge >= 0.3 is 0 Å². The first kappa shape index (κ1) is 11.3. The maximum atomic E-state index is 12.4. The fourth-order valence-electron chi connectivity index (χ4n) is 2.22. The highest BCUT2D eigenvalue weighted by Gasteiger charge is 2.26. The van der Waals surface area contributed by atoms with E-state index in [4.69, 9.17) is 14.2 Å². The fraction of sp³-hybridized carbons (Fsp3) is 0.462. The second kappa shape index (κ2) is 4.49. The summed E-state index contributed by atoms with van der Waals surface area (Å²) in [5.41, 5.74) is 0.608. The maximum absolute atomic E-state index is 12.4. The molecule has 1 saturated heterocycles. The first-order valence-electron chi connectivity index (χ1n) is 6.08. The van der Waals surface area contributed by atoms with Crippen LogP contribution in [0.3, 0.4) is 0 Å². The average molecular weight is 249 g/mol. The van der Waals surface area contributed by atoms with Crippen molar-refractivity contribution in [3.63, 3.8) is 0 Å². The van der Waals surface area contributed by atoms with Gasteiger partial charge in [-0.15, -0.1) is 0 Å². The number of ether oxygens (including phenoxy) is 3. The Morgan fingerprint density at radius 1 is 1.33 bits per heavy atom. The van der Waals surface area contributed by atoms with E-state index in [-0.39, 0.29) is 18.9 Å². The minimum Gasteiger partial charge on any atom is -0.454 e. The number of carbonyl (C=O) groups is 1. The molecule has 18 heavy (non-hydrogen) atoms. The number of benzene rings is 1. The van der Waals surface area contributed by atoms with Crippen molar-refractivity contribution in [2.24, 2.45) is 0 Å². The van der Waals surface area contributed by atoms with Crippen LogP contribution < -0.4 is 9.47 Å². The molecule has 1 aromatic carbocycles. The van der Waals surface area contributed by atoms with Crippen molar-refractivity contribution >= 4 is 5.91 Å². The molecule has 0 aromatic heterocycles. The lowest BCUT2D eigenvalue weighted by Crippen LogP contribution is -2.44. The second-order valence-electron chi connectivity index (χ2n) is 4.39. The van der Waals surface area contributed by atoms with Crippen molar-refractivity contribution in [1.29, 1.82) is 0 Å². The third-order valence-corrected chi connectivity index (χ3v) is 3.22. The van der Waals surface area contributed by atoms with Crippen LogP contribution in [-0.4, -0.2) is 37.0 Å². The zero-order valence-corrected chi connectivity index (χ0v) is 10.2. The van der Waals surface area contributed by atoms with Gasteiger partial charge in [0.25, 0.3) is 5.91 Å². The van der Waals surface area contributed by atoms with Crippen LogP contribution in [0.1, 0.15) is 23.7 Å². The van der Waals surface area contributed by atoms with Crippen LogP contribution in [-0.2, 0) is 4.74 Å². The average Bonchev–Trinajstić information content (AvgIpc) is 2.85. The largest absolute Gasteiger partial charge is 0.454 e. The highest BCUT2D eigenvalue weighted by atomic mass is 16.7. The Bertz CT molecular complexity index is 474. The standard InChI is InChI=1S/C13H15NO4/c1-9-14(5-2-6-16-9)13(15)10-3-4-11-12(7-10)18-8-17-11/h3-4,7,9H,2,5-6,8H2,1H3. The van der Waals surface area contributed by atoms with E-state index in [9.17, 15) is 4.79 Å². The number of carbonyl (C=O) groups excluding carboxylic acids is 1. The van der Waals surface area contributed by atoms with Crippen molar-refractivity contribution in [3.05, 3.63) is 23.8 Å². The molecule has 3 rings (SSSR count). The molecule has 2 aliphatic heterocycles. The van der Waals surface area contributed by atoms with E-state index in [1.54, 1.807) is 23.1 Å². The smallest absolute Gasteiger partial charge is 0.256 e. The molecule has 1 fully saturated rings. The van der Waals surface area contributed by atoms with Gasteiger partial charge in [-0.1, -0.05) is 0 Å². The summed E-state index contributed by atoms with van der Waals surface area (Å²) in [6.07, 6.45) is 0.706. The van der Waals surface area contributed by atoms with Crippen LogP contribution in [0.5, 0.6) is 11.5 Å².